The van der Waals surface area contributed by atoms with E-state index in [2.05, 4.69) is 25.2 Å². The Morgan fingerprint density at radius 2 is 2.24 bits per heavy atom. The van der Waals surface area contributed by atoms with Crippen LogP contribution in [0.4, 0.5) is 0 Å². The van der Waals surface area contributed by atoms with Crippen molar-refractivity contribution < 1.29 is 8.42 Å². The Labute approximate surface area is 124 Å². The monoisotopic (exact) mass is 312 g/mol. The average molecular weight is 312 g/mol. The lowest BCUT2D eigenvalue weighted by Gasteiger charge is -2.04. The van der Waals surface area contributed by atoms with Crippen molar-refractivity contribution in [1.82, 2.24) is 29.8 Å². The van der Waals surface area contributed by atoms with Crippen molar-refractivity contribution in [3.63, 3.8) is 0 Å². The summed E-state index contributed by atoms with van der Waals surface area (Å²) in [5, 5.41) is 9.44. The molecule has 2 rings (SSSR count). The van der Waals surface area contributed by atoms with Gasteiger partial charge in [0.15, 0.2) is 0 Å². The summed E-state index contributed by atoms with van der Waals surface area (Å²) in [6.45, 7) is 3.61. The Kier molecular flexibility index (Phi) is 5.10. The normalized spacial score (nSPS) is 11.9. The molecular weight excluding hydrogens is 292 g/mol. The lowest BCUT2D eigenvalue weighted by Crippen LogP contribution is -2.26. The number of sulfonamides is 1. The second-order valence-corrected chi connectivity index (χ2v) is 6.33. The standard InChI is InChI=1S/C12H20N6O2S/c1-3-18-8-11(6-10(18)7-13-2)21(19,20)16-5-4-12-14-9-15-17-12/h6,8-9,13,16H,3-5,7H2,1-2H3,(H,14,15,17). The van der Waals surface area contributed by atoms with E-state index in [1.807, 2.05) is 18.5 Å². The Morgan fingerprint density at radius 3 is 2.86 bits per heavy atom. The zero-order valence-corrected chi connectivity index (χ0v) is 12.9. The largest absolute Gasteiger partial charge is 0.349 e. The van der Waals surface area contributed by atoms with Gasteiger partial charge in [-0.25, -0.2) is 18.1 Å². The SMILES string of the molecule is CCn1cc(S(=O)(=O)NCCc2ncn[nH]2)cc1CNC. The molecule has 2 heterocycles. The highest BCUT2D eigenvalue weighted by Crippen LogP contribution is 2.14. The van der Waals surface area contributed by atoms with E-state index < -0.39 is 10.0 Å². The summed E-state index contributed by atoms with van der Waals surface area (Å²) in [6, 6.07) is 1.69. The predicted molar refractivity (Wildman–Crippen MR) is 78.1 cm³/mol. The summed E-state index contributed by atoms with van der Waals surface area (Å²) >= 11 is 0. The molecule has 0 aliphatic carbocycles. The van der Waals surface area contributed by atoms with Crippen LogP contribution in [-0.4, -0.2) is 41.8 Å². The molecular formula is C12H20N6O2S. The van der Waals surface area contributed by atoms with Crippen molar-refractivity contribution in [2.45, 2.75) is 31.3 Å². The first-order chi connectivity index (χ1) is 10.1. The maximum absolute atomic E-state index is 12.3. The molecule has 0 spiro atoms. The summed E-state index contributed by atoms with van der Waals surface area (Å²) in [4.78, 5) is 4.23. The Hall–Kier alpha value is -1.71. The topological polar surface area (TPSA) is 105 Å². The van der Waals surface area contributed by atoms with Crippen LogP contribution in [0.5, 0.6) is 0 Å². The van der Waals surface area contributed by atoms with Gasteiger partial charge in [-0.05, 0) is 20.0 Å². The molecule has 0 amide bonds. The summed E-state index contributed by atoms with van der Waals surface area (Å²) in [7, 11) is -1.67. The van der Waals surface area contributed by atoms with Crippen molar-refractivity contribution in [2.75, 3.05) is 13.6 Å². The molecule has 21 heavy (non-hydrogen) atoms. The van der Waals surface area contributed by atoms with Gasteiger partial charge in [-0.1, -0.05) is 0 Å². The molecule has 0 atom stereocenters. The predicted octanol–water partition coefficient (Wildman–Crippen LogP) is -0.133. The van der Waals surface area contributed by atoms with Gasteiger partial charge >= 0.3 is 0 Å². The van der Waals surface area contributed by atoms with Gasteiger partial charge in [0.05, 0.1) is 4.90 Å². The molecule has 0 saturated carbocycles. The summed E-state index contributed by atoms with van der Waals surface area (Å²) in [6.07, 6.45) is 3.52. The molecule has 0 bridgehead atoms. The highest BCUT2D eigenvalue weighted by molar-refractivity contribution is 7.89. The lowest BCUT2D eigenvalue weighted by molar-refractivity contribution is 0.580. The third-order valence-electron chi connectivity index (χ3n) is 3.09. The molecule has 0 unspecified atom stereocenters. The number of rotatable bonds is 8. The van der Waals surface area contributed by atoms with Crippen molar-refractivity contribution in [3.8, 4) is 0 Å². The van der Waals surface area contributed by atoms with Crippen LogP contribution < -0.4 is 10.0 Å². The number of hydrogen-bond acceptors (Lipinski definition) is 5. The Morgan fingerprint density at radius 1 is 1.43 bits per heavy atom. The van der Waals surface area contributed by atoms with E-state index in [-0.39, 0.29) is 11.4 Å². The van der Waals surface area contributed by atoms with Crippen molar-refractivity contribution in [2.24, 2.45) is 0 Å². The number of aromatic nitrogens is 4. The molecule has 9 heteroatoms. The highest BCUT2D eigenvalue weighted by Gasteiger charge is 2.17. The summed E-state index contributed by atoms with van der Waals surface area (Å²) < 4.78 is 29.0. The smallest absolute Gasteiger partial charge is 0.242 e. The zero-order chi connectivity index (χ0) is 15.3. The van der Waals surface area contributed by atoms with Crippen molar-refractivity contribution in [1.29, 1.82) is 0 Å². The molecule has 2 aromatic rings. The van der Waals surface area contributed by atoms with Crippen molar-refractivity contribution in [3.05, 3.63) is 30.1 Å². The maximum atomic E-state index is 12.3. The first kappa shape index (κ1) is 15.7. The first-order valence-corrected chi connectivity index (χ1v) is 8.22. The minimum absolute atomic E-state index is 0.274. The summed E-state index contributed by atoms with van der Waals surface area (Å²) in [5.41, 5.74) is 0.940. The number of aryl methyl sites for hydroxylation is 1. The third kappa shape index (κ3) is 3.90. The number of aromatic amines is 1. The number of nitrogens with zero attached hydrogens (tertiary/aromatic N) is 3. The fourth-order valence-electron chi connectivity index (χ4n) is 2.03. The molecule has 0 fully saturated rings. The van der Waals surface area contributed by atoms with Crippen molar-refractivity contribution >= 4 is 10.0 Å². The molecule has 116 valence electrons. The lowest BCUT2D eigenvalue weighted by atomic mass is 10.4. The highest BCUT2D eigenvalue weighted by atomic mass is 32.2. The van der Waals surface area contributed by atoms with E-state index in [1.54, 1.807) is 12.3 Å². The van der Waals surface area contributed by atoms with Crippen LogP contribution in [0.25, 0.3) is 0 Å². The number of nitrogens with one attached hydrogen (secondary N) is 3. The van der Waals surface area contributed by atoms with Crippen LogP contribution in [0.3, 0.4) is 0 Å². The third-order valence-corrected chi connectivity index (χ3v) is 4.52. The number of hydrogen-bond donors (Lipinski definition) is 3. The van der Waals surface area contributed by atoms with Crippen LogP contribution in [0, 0.1) is 0 Å². The van der Waals surface area contributed by atoms with Crippen LogP contribution in [-0.2, 0) is 29.5 Å². The fraction of sp³-hybridized carbons (Fsp3) is 0.500. The summed E-state index contributed by atoms with van der Waals surface area (Å²) in [5.74, 6) is 0.653. The maximum Gasteiger partial charge on any atom is 0.242 e. The molecule has 0 aliphatic rings. The molecule has 0 saturated heterocycles. The molecule has 0 radical (unpaired) electrons. The molecule has 3 N–H and O–H groups in total. The van der Waals surface area contributed by atoms with E-state index in [0.29, 0.717) is 18.8 Å². The molecule has 8 nitrogen and oxygen atoms in total. The second-order valence-electron chi connectivity index (χ2n) is 4.56. The molecule has 0 aromatic carbocycles. The van der Waals surface area contributed by atoms with Gasteiger partial charge in [0.25, 0.3) is 0 Å². The van der Waals surface area contributed by atoms with Gasteiger partial charge in [-0.3, -0.25) is 5.10 Å². The van der Waals surface area contributed by atoms with Gasteiger partial charge < -0.3 is 9.88 Å². The first-order valence-electron chi connectivity index (χ1n) is 6.74. The quantitative estimate of drug-likeness (QED) is 0.629. The van der Waals surface area contributed by atoms with Gasteiger partial charge in [0, 0.05) is 37.9 Å². The van der Waals surface area contributed by atoms with Gasteiger partial charge in [-0.2, -0.15) is 5.10 Å². The van der Waals surface area contributed by atoms with E-state index in [9.17, 15) is 8.42 Å². The number of H-pyrrole nitrogens is 1. The molecule has 0 aliphatic heterocycles. The molecule has 2 aromatic heterocycles. The van der Waals surface area contributed by atoms with Gasteiger partial charge in [0.1, 0.15) is 12.2 Å². The van der Waals surface area contributed by atoms with Crippen LogP contribution >= 0.6 is 0 Å². The van der Waals surface area contributed by atoms with Crippen LogP contribution in [0.15, 0.2) is 23.5 Å². The Balaban J connectivity index is 2.04. The zero-order valence-electron chi connectivity index (χ0n) is 12.1. The second kappa shape index (κ2) is 6.83. The van der Waals surface area contributed by atoms with Gasteiger partial charge in [-0.15, -0.1) is 0 Å². The van der Waals surface area contributed by atoms with Crippen LogP contribution in [0.1, 0.15) is 18.4 Å². The van der Waals surface area contributed by atoms with Crippen LogP contribution in [0.2, 0.25) is 0 Å². The van der Waals surface area contributed by atoms with E-state index in [0.717, 1.165) is 12.2 Å². The van der Waals surface area contributed by atoms with Gasteiger partial charge in [0.2, 0.25) is 10.0 Å². The fourth-order valence-corrected chi connectivity index (χ4v) is 3.13. The van der Waals surface area contributed by atoms with E-state index in [4.69, 9.17) is 0 Å². The van der Waals surface area contributed by atoms with E-state index >= 15 is 0 Å². The Bertz CT molecular complexity index is 662. The minimum Gasteiger partial charge on any atom is -0.349 e. The minimum atomic E-state index is -3.50. The average Bonchev–Trinajstić information content (AvgIpc) is 3.08. The van der Waals surface area contributed by atoms with E-state index in [1.165, 1.54) is 6.33 Å².